The quantitative estimate of drug-likeness (QED) is 0.259. The molecule has 9 nitrogen and oxygen atoms in total. The number of carbonyl (C=O) groups is 2. The molecule has 0 bridgehead atoms. The molecule has 1 aliphatic rings. The highest BCUT2D eigenvalue weighted by molar-refractivity contribution is 7.92. The zero-order valence-electron chi connectivity index (χ0n) is 24.1. The SMILES string of the molecule is CCCCNC(=O)[C@@H](Cc1ccccc1)N(Cc1ccc(Cl)cc1Cl)C(=O)CN(c1ccc2c(c1)OCCO2)S(C)(=O)=O. The summed E-state index contributed by atoms with van der Waals surface area (Å²) in [6.45, 7) is 2.55. The zero-order chi connectivity index (χ0) is 31.0. The molecule has 0 spiro atoms. The predicted molar refractivity (Wildman–Crippen MR) is 168 cm³/mol. The van der Waals surface area contributed by atoms with E-state index in [2.05, 4.69) is 5.32 Å². The maximum atomic E-state index is 14.2. The average molecular weight is 649 g/mol. The third kappa shape index (κ3) is 8.78. The highest BCUT2D eigenvalue weighted by Gasteiger charge is 2.33. The van der Waals surface area contributed by atoms with Gasteiger partial charge < -0.3 is 19.7 Å². The van der Waals surface area contributed by atoms with E-state index in [1.807, 2.05) is 37.3 Å². The molecule has 3 aromatic rings. The summed E-state index contributed by atoms with van der Waals surface area (Å²) < 4.78 is 38.3. The van der Waals surface area contributed by atoms with Crippen molar-refractivity contribution in [2.45, 2.75) is 38.8 Å². The molecule has 0 unspecified atom stereocenters. The van der Waals surface area contributed by atoms with Gasteiger partial charge in [-0.2, -0.15) is 0 Å². The first kappa shape index (κ1) is 32.4. The topological polar surface area (TPSA) is 105 Å². The summed E-state index contributed by atoms with van der Waals surface area (Å²) in [5.41, 5.74) is 1.63. The first-order valence-electron chi connectivity index (χ1n) is 14.0. The van der Waals surface area contributed by atoms with E-state index in [1.165, 1.54) is 11.0 Å². The van der Waals surface area contributed by atoms with Gasteiger partial charge in [0, 0.05) is 35.6 Å². The van der Waals surface area contributed by atoms with Crippen LogP contribution in [0.5, 0.6) is 11.5 Å². The molecular formula is C31H35Cl2N3O6S. The number of anilines is 1. The number of rotatable bonds is 13. The van der Waals surface area contributed by atoms with Gasteiger partial charge in [-0.15, -0.1) is 0 Å². The van der Waals surface area contributed by atoms with E-state index in [4.69, 9.17) is 32.7 Å². The lowest BCUT2D eigenvalue weighted by Gasteiger charge is -2.34. The van der Waals surface area contributed by atoms with Crippen LogP contribution in [0.2, 0.25) is 10.0 Å². The highest BCUT2D eigenvalue weighted by Crippen LogP contribution is 2.35. The summed E-state index contributed by atoms with van der Waals surface area (Å²) >= 11 is 12.6. The van der Waals surface area contributed by atoms with Gasteiger partial charge in [0.2, 0.25) is 21.8 Å². The Morgan fingerprint density at radius 3 is 2.37 bits per heavy atom. The van der Waals surface area contributed by atoms with Crippen molar-refractivity contribution in [3.63, 3.8) is 0 Å². The molecule has 1 aliphatic heterocycles. The van der Waals surface area contributed by atoms with Crippen LogP contribution in [0, 0.1) is 0 Å². The molecule has 1 N–H and O–H groups in total. The van der Waals surface area contributed by atoms with Gasteiger partial charge >= 0.3 is 0 Å². The van der Waals surface area contributed by atoms with E-state index in [-0.39, 0.29) is 24.6 Å². The Hall–Kier alpha value is -3.47. The van der Waals surface area contributed by atoms with Crippen LogP contribution in [0.15, 0.2) is 66.7 Å². The van der Waals surface area contributed by atoms with Crippen LogP contribution in [0.3, 0.4) is 0 Å². The molecule has 1 heterocycles. The lowest BCUT2D eigenvalue weighted by Crippen LogP contribution is -2.53. The number of hydrogen-bond donors (Lipinski definition) is 1. The van der Waals surface area contributed by atoms with Crippen LogP contribution in [-0.4, -0.2) is 63.7 Å². The maximum Gasteiger partial charge on any atom is 0.244 e. The number of fused-ring (bicyclic) bond motifs is 1. The van der Waals surface area contributed by atoms with Crippen molar-refractivity contribution in [2.24, 2.45) is 0 Å². The lowest BCUT2D eigenvalue weighted by atomic mass is 10.0. The van der Waals surface area contributed by atoms with E-state index < -0.39 is 28.5 Å². The fourth-order valence-electron chi connectivity index (χ4n) is 4.69. The normalized spacial score (nSPS) is 13.2. The molecule has 43 heavy (non-hydrogen) atoms. The molecule has 0 aliphatic carbocycles. The second-order valence-electron chi connectivity index (χ2n) is 10.2. The highest BCUT2D eigenvalue weighted by atomic mass is 35.5. The molecule has 2 amide bonds. The minimum atomic E-state index is -3.94. The monoisotopic (exact) mass is 647 g/mol. The number of benzene rings is 3. The molecule has 230 valence electrons. The molecule has 0 saturated carbocycles. The first-order valence-corrected chi connectivity index (χ1v) is 16.6. The van der Waals surface area contributed by atoms with Gasteiger partial charge in [0.25, 0.3) is 0 Å². The molecule has 0 radical (unpaired) electrons. The molecule has 4 rings (SSSR count). The number of unbranched alkanes of at least 4 members (excludes halogenated alkanes) is 1. The summed E-state index contributed by atoms with van der Waals surface area (Å²) in [7, 11) is -3.94. The second-order valence-corrected chi connectivity index (χ2v) is 13.0. The smallest absolute Gasteiger partial charge is 0.244 e. The van der Waals surface area contributed by atoms with Gasteiger partial charge in [0.05, 0.1) is 11.9 Å². The molecule has 3 aromatic carbocycles. The summed E-state index contributed by atoms with van der Waals surface area (Å²) in [5, 5.41) is 3.69. The minimum absolute atomic E-state index is 0.0493. The van der Waals surface area contributed by atoms with Crippen molar-refractivity contribution in [1.82, 2.24) is 10.2 Å². The Kier molecular flexibility index (Phi) is 11.2. The maximum absolute atomic E-state index is 14.2. The predicted octanol–water partition coefficient (Wildman–Crippen LogP) is 5.09. The second kappa shape index (κ2) is 14.8. The van der Waals surface area contributed by atoms with E-state index in [0.717, 1.165) is 29.0 Å². The number of hydrogen-bond acceptors (Lipinski definition) is 6. The van der Waals surface area contributed by atoms with Crippen LogP contribution in [0.25, 0.3) is 0 Å². The fraction of sp³-hybridized carbons (Fsp3) is 0.355. The van der Waals surface area contributed by atoms with Crippen molar-refractivity contribution in [1.29, 1.82) is 0 Å². The Bertz CT molecular complexity index is 1540. The van der Waals surface area contributed by atoms with Crippen molar-refractivity contribution in [2.75, 3.05) is 36.9 Å². The summed E-state index contributed by atoms with van der Waals surface area (Å²) in [6, 6.07) is 18.0. The summed E-state index contributed by atoms with van der Waals surface area (Å²) in [5.74, 6) is -0.0637. The van der Waals surface area contributed by atoms with E-state index in [9.17, 15) is 18.0 Å². The fourth-order valence-corrected chi connectivity index (χ4v) is 6.00. The standard InChI is InChI=1S/C31H35Cl2N3O6S/c1-3-4-14-34-31(38)27(17-22-8-6-5-7-9-22)35(20-23-10-11-24(32)18-26(23)33)30(37)21-36(43(2,39)40)25-12-13-28-29(19-25)42-16-15-41-28/h5-13,18-19,27H,3-4,14-17,20-21H2,1-2H3,(H,34,38)/t27-/m1/s1. The summed E-state index contributed by atoms with van der Waals surface area (Å²) in [4.78, 5) is 29.3. The molecule has 0 fully saturated rings. The van der Waals surface area contributed by atoms with Crippen molar-refractivity contribution in [3.05, 3.63) is 87.9 Å². The van der Waals surface area contributed by atoms with Crippen LogP contribution in [0.1, 0.15) is 30.9 Å². The Morgan fingerprint density at radius 2 is 1.70 bits per heavy atom. The van der Waals surface area contributed by atoms with Crippen LogP contribution in [-0.2, 0) is 32.6 Å². The number of carbonyl (C=O) groups excluding carboxylic acids is 2. The Morgan fingerprint density at radius 1 is 0.977 bits per heavy atom. The molecule has 1 atom stereocenters. The average Bonchev–Trinajstić information content (AvgIpc) is 2.98. The number of nitrogens with zero attached hydrogens (tertiary/aromatic N) is 2. The number of halogens is 2. The van der Waals surface area contributed by atoms with Crippen LogP contribution in [0.4, 0.5) is 5.69 Å². The van der Waals surface area contributed by atoms with E-state index in [1.54, 1.807) is 30.3 Å². The molecule has 0 saturated heterocycles. The number of ether oxygens (including phenoxy) is 2. The Labute approximate surface area is 262 Å². The number of nitrogens with one attached hydrogen (secondary N) is 1. The minimum Gasteiger partial charge on any atom is -0.486 e. The first-order chi connectivity index (χ1) is 20.6. The summed E-state index contributed by atoms with van der Waals surface area (Å²) in [6.07, 6.45) is 2.88. The molecular weight excluding hydrogens is 613 g/mol. The van der Waals surface area contributed by atoms with Crippen molar-refractivity contribution in [3.8, 4) is 11.5 Å². The van der Waals surface area contributed by atoms with E-state index >= 15 is 0 Å². The molecule has 12 heteroatoms. The van der Waals surface area contributed by atoms with Crippen LogP contribution < -0.4 is 19.1 Å². The van der Waals surface area contributed by atoms with E-state index in [0.29, 0.717) is 46.9 Å². The largest absolute Gasteiger partial charge is 0.486 e. The van der Waals surface area contributed by atoms with Crippen molar-refractivity contribution >= 4 is 50.7 Å². The number of sulfonamides is 1. The van der Waals surface area contributed by atoms with Crippen molar-refractivity contribution < 1.29 is 27.5 Å². The third-order valence-corrected chi connectivity index (χ3v) is 8.68. The third-order valence-electron chi connectivity index (χ3n) is 6.95. The van der Waals surface area contributed by atoms with Crippen LogP contribution >= 0.6 is 23.2 Å². The lowest BCUT2D eigenvalue weighted by molar-refractivity contribution is -0.140. The Balaban J connectivity index is 1.73. The van der Waals surface area contributed by atoms with Gasteiger partial charge in [-0.1, -0.05) is 72.9 Å². The number of amides is 2. The van der Waals surface area contributed by atoms with Gasteiger partial charge in [-0.05, 0) is 41.8 Å². The van der Waals surface area contributed by atoms with Gasteiger partial charge in [-0.3, -0.25) is 13.9 Å². The van der Waals surface area contributed by atoms with Gasteiger partial charge in [-0.25, -0.2) is 8.42 Å². The zero-order valence-corrected chi connectivity index (χ0v) is 26.4. The van der Waals surface area contributed by atoms with Gasteiger partial charge in [0.15, 0.2) is 11.5 Å². The molecule has 0 aromatic heterocycles. The van der Waals surface area contributed by atoms with Gasteiger partial charge in [0.1, 0.15) is 25.8 Å².